The summed E-state index contributed by atoms with van der Waals surface area (Å²) in [5.41, 5.74) is 5.90. The van der Waals surface area contributed by atoms with Crippen LogP contribution in [0.5, 0.6) is 5.88 Å². The highest BCUT2D eigenvalue weighted by Gasteiger charge is 2.31. The van der Waals surface area contributed by atoms with Gasteiger partial charge in [0.05, 0.1) is 0 Å². The standard InChI is InChI=1S/C10H12N4O3S/c11-6-2-1-3-7(6)17-8-9(14(15)16)13-4-5-18-10(13)12-8/h4-7H,1-3,11H2. The summed E-state index contributed by atoms with van der Waals surface area (Å²) < 4.78 is 7.06. The molecule has 0 radical (unpaired) electrons. The molecule has 1 aliphatic rings. The van der Waals surface area contributed by atoms with Gasteiger partial charge < -0.3 is 20.6 Å². The van der Waals surface area contributed by atoms with Crippen molar-refractivity contribution in [2.24, 2.45) is 5.73 Å². The lowest BCUT2D eigenvalue weighted by Gasteiger charge is -2.15. The molecule has 3 rings (SSSR count). The minimum atomic E-state index is -0.470. The highest BCUT2D eigenvalue weighted by atomic mass is 32.1. The number of rotatable bonds is 3. The monoisotopic (exact) mass is 268 g/mol. The van der Waals surface area contributed by atoms with Gasteiger partial charge >= 0.3 is 11.7 Å². The molecule has 0 aliphatic heterocycles. The van der Waals surface area contributed by atoms with Crippen LogP contribution in [0.4, 0.5) is 5.82 Å². The van der Waals surface area contributed by atoms with Crippen molar-refractivity contribution >= 4 is 22.1 Å². The van der Waals surface area contributed by atoms with Gasteiger partial charge in [-0.1, -0.05) is 11.3 Å². The fraction of sp³-hybridized carbons (Fsp3) is 0.500. The molecule has 2 N–H and O–H groups in total. The number of aromatic nitrogens is 2. The molecule has 96 valence electrons. The van der Waals surface area contributed by atoms with Crippen molar-refractivity contribution in [2.75, 3.05) is 0 Å². The van der Waals surface area contributed by atoms with Gasteiger partial charge in [-0.3, -0.25) is 0 Å². The first kappa shape index (κ1) is 11.4. The third-order valence-electron chi connectivity index (χ3n) is 3.15. The zero-order chi connectivity index (χ0) is 12.7. The second-order valence-electron chi connectivity index (χ2n) is 4.30. The molecule has 8 heteroatoms. The summed E-state index contributed by atoms with van der Waals surface area (Å²) in [6.45, 7) is 0. The molecule has 7 nitrogen and oxygen atoms in total. The van der Waals surface area contributed by atoms with Gasteiger partial charge in [-0.05, 0) is 24.2 Å². The Morgan fingerprint density at radius 3 is 3.11 bits per heavy atom. The third kappa shape index (κ3) is 1.73. The van der Waals surface area contributed by atoms with Crippen LogP contribution in [0.25, 0.3) is 4.96 Å². The number of imidazole rings is 1. The van der Waals surface area contributed by atoms with Gasteiger partial charge in [-0.25, -0.2) is 0 Å². The van der Waals surface area contributed by atoms with Crippen molar-refractivity contribution in [3.05, 3.63) is 21.7 Å². The average Bonchev–Trinajstić information content (AvgIpc) is 2.95. The molecule has 2 aromatic heterocycles. The zero-order valence-electron chi connectivity index (χ0n) is 9.48. The van der Waals surface area contributed by atoms with Crippen LogP contribution >= 0.6 is 11.3 Å². The second kappa shape index (κ2) is 4.21. The Morgan fingerprint density at radius 2 is 2.44 bits per heavy atom. The molecule has 1 aliphatic carbocycles. The van der Waals surface area contributed by atoms with Crippen LogP contribution in [0.3, 0.4) is 0 Å². The quantitative estimate of drug-likeness (QED) is 0.673. The van der Waals surface area contributed by atoms with Crippen LogP contribution in [0.1, 0.15) is 19.3 Å². The molecular weight excluding hydrogens is 256 g/mol. The van der Waals surface area contributed by atoms with Crippen LogP contribution in [0.15, 0.2) is 11.6 Å². The van der Waals surface area contributed by atoms with Gasteiger partial charge in [-0.2, -0.15) is 9.38 Å². The molecule has 0 saturated heterocycles. The molecule has 2 unspecified atom stereocenters. The Hall–Kier alpha value is -1.67. The van der Waals surface area contributed by atoms with Crippen LogP contribution in [-0.2, 0) is 0 Å². The van der Waals surface area contributed by atoms with E-state index >= 15 is 0 Å². The Kier molecular flexibility index (Phi) is 2.67. The minimum Gasteiger partial charge on any atom is -0.467 e. The molecule has 2 heterocycles. The summed E-state index contributed by atoms with van der Waals surface area (Å²) in [6, 6.07) is -0.0654. The maximum atomic E-state index is 11.1. The predicted molar refractivity (Wildman–Crippen MR) is 66.0 cm³/mol. The van der Waals surface area contributed by atoms with Gasteiger partial charge in [0.1, 0.15) is 12.3 Å². The number of hydrogen-bond acceptors (Lipinski definition) is 6. The van der Waals surface area contributed by atoms with Gasteiger partial charge in [-0.15, -0.1) is 0 Å². The number of nitro groups is 1. The molecular formula is C10H12N4O3S. The summed E-state index contributed by atoms with van der Waals surface area (Å²) in [5.74, 6) is -0.0421. The molecule has 2 aromatic rings. The first-order chi connectivity index (χ1) is 8.66. The van der Waals surface area contributed by atoms with Crippen molar-refractivity contribution < 1.29 is 9.66 Å². The van der Waals surface area contributed by atoms with E-state index in [0.717, 1.165) is 19.3 Å². The fourth-order valence-corrected chi connectivity index (χ4v) is 2.94. The van der Waals surface area contributed by atoms with Crippen LogP contribution in [0, 0.1) is 10.1 Å². The number of thiazole rings is 1. The summed E-state index contributed by atoms with van der Waals surface area (Å²) in [5, 5.41) is 12.8. The number of hydrogen-bond donors (Lipinski definition) is 1. The van der Waals surface area contributed by atoms with Gasteiger partial charge in [0.2, 0.25) is 0 Å². The van der Waals surface area contributed by atoms with Crippen LogP contribution in [-0.4, -0.2) is 26.5 Å². The highest BCUT2D eigenvalue weighted by molar-refractivity contribution is 7.15. The smallest absolute Gasteiger partial charge is 0.393 e. The molecule has 1 saturated carbocycles. The topological polar surface area (TPSA) is 95.7 Å². The van der Waals surface area contributed by atoms with E-state index in [4.69, 9.17) is 10.5 Å². The van der Waals surface area contributed by atoms with Crippen molar-refractivity contribution in [1.29, 1.82) is 0 Å². The number of nitrogens with two attached hydrogens (primary N) is 1. The number of nitrogens with zero attached hydrogens (tertiary/aromatic N) is 3. The summed E-state index contributed by atoms with van der Waals surface area (Å²) in [7, 11) is 0. The largest absolute Gasteiger partial charge is 0.467 e. The van der Waals surface area contributed by atoms with E-state index in [1.807, 2.05) is 0 Å². The number of ether oxygens (including phenoxy) is 1. The summed E-state index contributed by atoms with van der Waals surface area (Å²) in [6.07, 6.45) is 4.15. The molecule has 0 aromatic carbocycles. The Bertz CT molecular complexity index is 593. The Morgan fingerprint density at radius 1 is 1.61 bits per heavy atom. The summed E-state index contributed by atoms with van der Waals surface area (Å²) in [4.78, 5) is 15.3. The van der Waals surface area contributed by atoms with E-state index in [0.29, 0.717) is 4.96 Å². The SMILES string of the molecule is NC1CCCC1Oc1nc2sccn2c1[N+](=O)[O-]. The van der Waals surface area contributed by atoms with E-state index < -0.39 is 4.92 Å². The molecule has 1 fully saturated rings. The first-order valence-electron chi connectivity index (χ1n) is 5.69. The van der Waals surface area contributed by atoms with Crippen molar-refractivity contribution in [3.63, 3.8) is 0 Å². The van der Waals surface area contributed by atoms with E-state index in [9.17, 15) is 10.1 Å². The lowest BCUT2D eigenvalue weighted by molar-refractivity contribution is -0.391. The molecule has 0 amide bonds. The minimum absolute atomic E-state index is 0.0654. The molecule has 0 bridgehead atoms. The number of fused-ring (bicyclic) bond motifs is 1. The maximum Gasteiger partial charge on any atom is 0.393 e. The van der Waals surface area contributed by atoms with Crippen molar-refractivity contribution in [1.82, 2.24) is 9.38 Å². The second-order valence-corrected chi connectivity index (χ2v) is 5.18. The Labute approximate surface area is 106 Å². The maximum absolute atomic E-state index is 11.1. The lowest BCUT2D eigenvalue weighted by atomic mass is 10.2. The van der Waals surface area contributed by atoms with Crippen molar-refractivity contribution in [3.8, 4) is 5.88 Å². The van der Waals surface area contributed by atoms with Gasteiger partial charge in [0.25, 0.3) is 4.96 Å². The zero-order valence-corrected chi connectivity index (χ0v) is 10.3. The van der Waals surface area contributed by atoms with Gasteiger partial charge in [0.15, 0.2) is 0 Å². The van der Waals surface area contributed by atoms with E-state index in [2.05, 4.69) is 4.98 Å². The van der Waals surface area contributed by atoms with E-state index in [-0.39, 0.29) is 23.8 Å². The highest BCUT2D eigenvalue weighted by Crippen LogP contribution is 2.32. The molecule has 0 spiro atoms. The predicted octanol–water partition coefficient (Wildman–Crippen LogP) is 1.56. The van der Waals surface area contributed by atoms with Crippen molar-refractivity contribution in [2.45, 2.75) is 31.4 Å². The van der Waals surface area contributed by atoms with Crippen LogP contribution in [0.2, 0.25) is 0 Å². The Balaban J connectivity index is 1.97. The third-order valence-corrected chi connectivity index (χ3v) is 3.90. The average molecular weight is 268 g/mol. The van der Waals surface area contributed by atoms with Gasteiger partial charge in [0, 0.05) is 11.4 Å². The molecule has 2 atom stereocenters. The van der Waals surface area contributed by atoms with Crippen LogP contribution < -0.4 is 10.5 Å². The summed E-state index contributed by atoms with van der Waals surface area (Å²) >= 11 is 1.33. The lowest BCUT2D eigenvalue weighted by Crippen LogP contribution is -2.33. The fourth-order valence-electron chi connectivity index (χ4n) is 2.24. The van der Waals surface area contributed by atoms with E-state index in [1.54, 1.807) is 11.6 Å². The molecule has 18 heavy (non-hydrogen) atoms. The normalized spacial score (nSPS) is 23.6. The first-order valence-corrected chi connectivity index (χ1v) is 6.57. The van der Waals surface area contributed by atoms with E-state index in [1.165, 1.54) is 15.7 Å².